The van der Waals surface area contributed by atoms with Crippen LogP contribution in [0.2, 0.25) is 0 Å². The van der Waals surface area contributed by atoms with Crippen molar-refractivity contribution in [1.29, 1.82) is 0 Å². The Morgan fingerprint density at radius 2 is 1.76 bits per heavy atom. The van der Waals surface area contributed by atoms with Crippen LogP contribution in [0.1, 0.15) is 0 Å². The van der Waals surface area contributed by atoms with E-state index in [-0.39, 0.29) is 57.6 Å². The third kappa shape index (κ3) is 4.06. The first-order valence-corrected chi connectivity index (χ1v) is 11.1. The molecule has 2 aromatic carbocycles. The van der Waals surface area contributed by atoms with Crippen molar-refractivity contribution in [2.24, 2.45) is 0 Å². The lowest BCUT2D eigenvalue weighted by Gasteiger charge is -2.39. The van der Waals surface area contributed by atoms with E-state index >= 15 is 0 Å². The Morgan fingerprint density at radius 3 is 2.46 bits per heavy atom. The molecule has 2 aliphatic heterocycles. The summed E-state index contributed by atoms with van der Waals surface area (Å²) in [4.78, 5) is 13.4. The van der Waals surface area contributed by atoms with Crippen molar-refractivity contribution < 1.29 is 58.4 Å². The zero-order valence-electron chi connectivity index (χ0n) is 19.6. The highest BCUT2D eigenvalue weighted by atomic mass is 16.7. The Balaban J connectivity index is 1.60. The minimum absolute atomic E-state index is 0.0151. The third-order valence-electron chi connectivity index (χ3n) is 6.22. The van der Waals surface area contributed by atoms with E-state index in [1.165, 1.54) is 38.7 Å². The minimum atomic E-state index is -1.69. The minimum Gasteiger partial charge on any atom is -0.504 e. The molecule has 0 spiro atoms. The molecular weight excluding hydrogens is 496 g/mol. The number of hydrogen-bond acceptors (Lipinski definition) is 13. The molecule has 0 amide bonds. The van der Waals surface area contributed by atoms with E-state index in [2.05, 4.69) is 0 Å². The van der Waals surface area contributed by atoms with Gasteiger partial charge in [0.1, 0.15) is 41.6 Å². The number of benzene rings is 2. The number of aromatic hydroxyl groups is 1. The summed E-state index contributed by atoms with van der Waals surface area (Å²) in [6.45, 7) is -0.764. The monoisotopic (exact) mass is 520 g/mol. The van der Waals surface area contributed by atoms with E-state index in [0.29, 0.717) is 0 Å². The molecule has 5 rings (SSSR count). The first-order chi connectivity index (χ1) is 17.8. The number of rotatable bonds is 6. The Bertz CT molecular complexity index is 1380. The van der Waals surface area contributed by atoms with E-state index in [4.69, 9.17) is 32.8 Å². The normalized spacial score (nSPS) is 24.8. The van der Waals surface area contributed by atoms with E-state index in [0.717, 1.165) is 0 Å². The predicted molar refractivity (Wildman–Crippen MR) is 123 cm³/mol. The van der Waals surface area contributed by atoms with Gasteiger partial charge in [-0.25, -0.2) is 0 Å². The summed E-state index contributed by atoms with van der Waals surface area (Å²) < 4.78 is 38.1. The Morgan fingerprint density at radius 1 is 1.00 bits per heavy atom. The molecule has 3 aromatic rings. The smallest absolute Gasteiger partial charge is 0.231 e. The summed E-state index contributed by atoms with van der Waals surface area (Å²) in [5, 5.41) is 50.5. The zero-order chi connectivity index (χ0) is 26.4. The molecule has 0 radical (unpaired) electrons. The van der Waals surface area contributed by atoms with Crippen LogP contribution < -0.4 is 29.1 Å². The molecule has 1 saturated heterocycles. The van der Waals surface area contributed by atoms with Gasteiger partial charge in [-0.05, 0) is 17.7 Å². The highest BCUT2D eigenvalue weighted by Crippen LogP contribution is 2.46. The van der Waals surface area contributed by atoms with Crippen LogP contribution in [-0.2, 0) is 4.74 Å². The highest BCUT2D eigenvalue weighted by Gasteiger charge is 2.45. The van der Waals surface area contributed by atoms with Crippen LogP contribution >= 0.6 is 0 Å². The van der Waals surface area contributed by atoms with Gasteiger partial charge in [-0.2, -0.15) is 0 Å². The number of fused-ring (bicyclic) bond motifs is 2. The summed E-state index contributed by atoms with van der Waals surface area (Å²) in [5.74, 6) is -0.0267. The predicted octanol–water partition coefficient (Wildman–Crippen LogP) is 0.0902. The van der Waals surface area contributed by atoms with E-state index in [9.17, 15) is 30.3 Å². The molecule has 0 saturated carbocycles. The Labute approximate surface area is 208 Å². The Kier molecular flexibility index (Phi) is 6.47. The maximum atomic E-state index is 13.4. The van der Waals surface area contributed by atoms with Crippen LogP contribution in [0.4, 0.5) is 0 Å². The van der Waals surface area contributed by atoms with Crippen LogP contribution in [0.15, 0.2) is 33.7 Å². The molecule has 0 bridgehead atoms. The van der Waals surface area contributed by atoms with Crippen molar-refractivity contribution in [3.8, 4) is 45.6 Å². The molecule has 37 heavy (non-hydrogen) atoms. The lowest BCUT2D eigenvalue weighted by atomic mass is 9.99. The molecule has 1 aromatic heterocycles. The van der Waals surface area contributed by atoms with Crippen molar-refractivity contribution in [3.05, 3.63) is 34.7 Å². The summed E-state index contributed by atoms with van der Waals surface area (Å²) in [6.07, 6.45) is -6.48. The fourth-order valence-corrected chi connectivity index (χ4v) is 4.29. The molecule has 5 atom stereocenters. The van der Waals surface area contributed by atoms with Crippen LogP contribution in [-0.4, -0.2) is 83.9 Å². The van der Waals surface area contributed by atoms with Crippen molar-refractivity contribution in [2.75, 3.05) is 27.6 Å². The van der Waals surface area contributed by atoms with E-state index in [1.807, 2.05) is 0 Å². The number of methoxy groups -OCH3 is 2. The van der Waals surface area contributed by atoms with Gasteiger partial charge in [-0.3, -0.25) is 4.79 Å². The van der Waals surface area contributed by atoms with Gasteiger partial charge in [0.15, 0.2) is 23.0 Å². The number of hydrogen-bond donors (Lipinski definition) is 5. The quantitative estimate of drug-likeness (QED) is 0.295. The second kappa shape index (κ2) is 9.61. The van der Waals surface area contributed by atoms with Crippen LogP contribution in [0.25, 0.3) is 22.1 Å². The van der Waals surface area contributed by atoms with Gasteiger partial charge in [0, 0.05) is 6.07 Å². The number of aliphatic hydroxyl groups excluding tert-OH is 4. The molecule has 5 N–H and O–H groups in total. The van der Waals surface area contributed by atoms with E-state index < -0.39 is 48.5 Å². The summed E-state index contributed by atoms with van der Waals surface area (Å²) in [6, 6.07) is 4.29. The lowest BCUT2D eigenvalue weighted by Crippen LogP contribution is -2.60. The molecule has 13 nitrogen and oxygen atoms in total. The number of ether oxygens (including phenoxy) is 6. The van der Waals surface area contributed by atoms with Gasteiger partial charge in [0.05, 0.1) is 26.4 Å². The molecule has 1 fully saturated rings. The molecule has 0 unspecified atom stereocenters. The molecule has 3 heterocycles. The van der Waals surface area contributed by atoms with Crippen molar-refractivity contribution >= 4 is 11.0 Å². The SMILES string of the molecule is COc1cc(-c2coc3cc4c(c(O)c3c2=O)OCO4)cc(O[C@@H]2O[C@H](CO)[C@@H](O)[C@H](O)[C@H]2O)c1OC. The highest BCUT2D eigenvalue weighted by molar-refractivity contribution is 5.91. The lowest BCUT2D eigenvalue weighted by molar-refractivity contribution is -0.277. The first kappa shape index (κ1) is 24.9. The molecule has 198 valence electrons. The molecule has 13 heteroatoms. The molecular formula is C24H24O13. The largest absolute Gasteiger partial charge is 0.504 e. The second-order valence-electron chi connectivity index (χ2n) is 8.34. The fraction of sp³-hybridized carbons (Fsp3) is 0.375. The van der Waals surface area contributed by atoms with Crippen LogP contribution in [0.5, 0.6) is 34.5 Å². The van der Waals surface area contributed by atoms with Gasteiger partial charge < -0.3 is 58.4 Å². The average molecular weight is 520 g/mol. The summed E-state index contributed by atoms with van der Waals surface area (Å²) in [5.41, 5.74) is -0.275. The van der Waals surface area contributed by atoms with Crippen molar-refractivity contribution in [3.63, 3.8) is 0 Å². The number of phenolic OH excluding ortho intramolecular Hbond substituents is 1. The van der Waals surface area contributed by atoms with Crippen LogP contribution in [0.3, 0.4) is 0 Å². The average Bonchev–Trinajstić information content (AvgIpc) is 3.37. The Hall–Kier alpha value is -3.75. The summed E-state index contributed by atoms with van der Waals surface area (Å²) >= 11 is 0. The fourth-order valence-electron chi connectivity index (χ4n) is 4.29. The molecule has 2 aliphatic rings. The first-order valence-electron chi connectivity index (χ1n) is 11.1. The van der Waals surface area contributed by atoms with Gasteiger partial charge in [-0.1, -0.05) is 0 Å². The zero-order valence-corrected chi connectivity index (χ0v) is 19.6. The topological polar surface area (TPSA) is 187 Å². The number of aliphatic hydroxyl groups is 4. The van der Waals surface area contributed by atoms with Crippen molar-refractivity contribution in [1.82, 2.24) is 0 Å². The third-order valence-corrected chi connectivity index (χ3v) is 6.22. The standard InChI is InChI=1S/C24H24O13/c1-31-12-3-9(10-7-33-11-5-13-23(35-8-34-13)19(28)16(11)17(10)26)4-14(22(12)32-2)36-24-21(30)20(29)18(27)15(6-25)37-24/h3-5,7,15,18,20-21,24-25,27-30H,6,8H2,1-2H3/t15-,18-,20+,21-,24-/m1/s1. The maximum absolute atomic E-state index is 13.4. The van der Waals surface area contributed by atoms with Crippen LogP contribution in [0, 0.1) is 0 Å². The van der Waals surface area contributed by atoms with Gasteiger partial charge in [0.25, 0.3) is 0 Å². The van der Waals surface area contributed by atoms with E-state index in [1.54, 1.807) is 0 Å². The van der Waals surface area contributed by atoms with Crippen molar-refractivity contribution in [2.45, 2.75) is 30.7 Å². The maximum Gasteiger partial charge on any atom is 0.231 e. The van der Waals surface area contributed by atoms with Gasteiger partial charge >= 0.3 is 0 Å². The number of phenols is 1. The second-order valence-corrected chi connectivity index (χ2v) is 8.34. The summed E-state index contributed by atoms with van der Waals surface area (Å²) in [7, 11) is 2.69. The van der Waals surface area contributed by atoms with Gasteiger partial charge in [-0.15, -0.1) is 0 Å². The molecule has 0 aliphatic carbocycles. The van der Waals surface area contributed by atoms with Gasteiger partial charge in [0.2, 0.25) is 30.0 Å².